The van der Waals surface area contributed by atoms with E-state index in [1.165, 1.54) is 5.69 Å². The van der Waals surface area contributed by atoms with Crippen molar-refractivity contribution >= 4 is 34.4 Å². The van der Waals surface area contributed by atoms with Gasteiger partial charge in [-0.05, 0) is 49.0 Å². The first-order valence-corrected chi connectivity index (χ1v) is 11.4. The van der Waals surface area contributed by atoms with Gasteiger partial charge >= 0.3 is 0 Å². The van der Waals surface area contributed by atoms with Crippen LogP contribution in [0.15, 0.2) is 58.3 Å². The van der Waals surface area contributed by atoms with E-state index < -0.39 is 0 Å². The SMILES string of the molecule is CN1CCN(c2ccc(N=Cc3c(O)[nH]c(=O)c4ccc(C=CCOCCO)cc34)cc2)CC1. The highest BCUT2D eigenvalue weighted by Gasteiger charge is 2.14. The summed E-state index contributed by atoms with van der Waals surface area (Å²) in [7, 11) is 2.14. The van der Waals surface area contributed by atoms with Gasteiger partial charge in [0.2, 0.25) is 5.88 Å². The number of hydrogen-bond acceptors (Lipinski definition) is 7. The van der Waals surface area contributed by atoms with Crippen molar-refractivity contribution in [3.8, 4) is 5.88 Å². The maximum absolute atomic E-state index is 12.3. The molecule has 8 heteroatoms. The van der Waals surface area contributed by atoms with Gasteiger partial charge in [0.15, 0.2) is 0 Å². The number of fused-ring (bicyclic) bond motifs is 1. The van der Waals surface area contributed by atoms with Crippen molar-refractivity contribution in [1.29, 1.82) is 0 Å². The second-order valence-corrected chi connectivity index (χ2v) is 8.29. The molecule has 0 aliphatic carbocycles. The van der Waals surface area contributed by atoms with Crippen molar-refractivity contribution in [2.24, 2.45) is 4.99 Å². The van der Waals surface area contributed by atoms with Crippen molar-refractivity contribution in [2.75, 3.05) is 57.9 Å². The molecule has 3 aromatic rings. The van der Waals surface area contributed by atoms with E-state index in [2.05, 4.69) is 39.0 Å². The molecule has 1 aromatic heterocycles. The van der Waals surface area contributed by atoms with Crippen molar-refractivity contribution in [2.45, 2.75) is 0 Å². The first-order chi connectivity index (χ1) is 16.5. The Morgan fingerprint density at radius 2 is 1.85 bits per heavy atom. The van der Waals surface area contributed by atoms with Crippen LogP contribution in [0, 0.1) is 0 Å². The van der Waals surface area contributed by atoms with Gasteiger partial charge in [-0.1, -0.05) is 18.2 Å². The third-order valence-corrected chi connectivity index (χ3v) is 5.89. The number of benzene rings is 2. The smallest absolute Gasteiger partial charge is 0.258 e. The first kappa shape index (κ1) is 23.7. The normalized spacial score (nSPS) is 15.2. The number of anilines is 1. The number of rotatable bonds is 8. The maximum Gasteiger partial charge on any atom is 0.258 e. The minimum absolute atomic E-state index is 0.0207. The fourth-order valence-electron chi connectivity index (χ4n) is 3.94. The van der Waals surface area contributed by atoms with Crippen molar-refractivity contribution in [3.05, 3.63) is 70.0 Å². The molecule has 0 saturated carbocycles. The molecule has 3 N–H and O–H groups in total. The molecule has 0 radical (unpaired) electrons. The minimum Gasteiger partial charge on any atom is -0.494 e. The summed E-state index contributed by atoms with van der Waals surface area (Å²) in [5.41, 5.74) is 2.88. The number of H-pyrrole nitrogens is 1. The van der Waals surface area contributed by atoms with Crippen LogP contribution in [0.2, 0.25) is 0 Å². The zero-order valence-corrected chi connectivity index (χ0v) is 19.3. The Bertz CT molecular complexity index is 1230. The van der Waals surface area contributed by atoms with Gasteiger partial charge in [-0.15, -0.1) is 0 Å². The second kappa shape index (κ2) is 11.1. The van der Waals surface area contributed by atoms with E-state index in [-0.39, 0.29) is 24.7 Å². The molecule has 0 unspecified atom stereocenters. The quantitative estimate of drug-likeness (QED) is 0.352. The Morgan fingerprint density at radius 3 is 2.59 bits per heavy atom. The molecule has 8 nitrogen and oxygen atoms in total. The minimum atomic E-state index is -0.358. The summed E-state index contributed by atoms with van der Waals surface area (Å²) in [5, 5.41) is 20.3. The molecular formula is C26H30N4O4. The number of nitrogens with one attached hydrogen (secondary N) is 1. The highest BCUT2D eigenvalue weighted by molar-refractivity contribution is 6.02. The Hall–Kier alpha value is -3.46. The lowest BCUT2D eigenvalue weighted by Crippen LogP contribution is -2.44. The van der Waals surface area contributed by atoms with E-state index >= 15 is 0 Å². The number of nitrogens with zero attached hydrogens (tertiary/aromatic N) is 3. The highest BCUT2D eigenvalue weighted by Crippen LogP contribution is 2.25. The van der Waals surface area contributed by atoms with Crippen LogP contribution in [-0.2, 0) is 4.74 Å². The van der Waals surface area contributed by atoms with Gasteiger partial charge in [0.1, 0.15) is 0 Å². The van der Waals surface area contributed by atoms with Crippen LogP contribution < -0.4 is 10.5 Å². The predicted molar refractivity (Wildman–Crippen MR) is 137 cm³/mol. The summed E-state index contributed by atoms with van der Waals surface area (Å²) < 4.78 is 5.24. The number of aromatic nitrogens is 1. The molecule has 0 amide bonds. The summed E-state index contributed by atoms with van der Waals surface area (Å²) in [6.45, 7) is 4.73. The Balaban J connectivity index is 1.56. The summed E-state index contributed by atoms with van der Waals surface area (Å²) in [6.07, 6.45) is 5.28. The molecule has 34 heavy (non-hydrogen) atoms. The Morgan fingerprint density at radius 1 is 1.09 bits per heavy atom. The number of likely N-dealkylation sites (N-methyl/N-ethyl adjacent to an activating group) is 1. The molecule has 0 atom stereocenters. The van der Waals surface area contributed by atoms with Gasteiger partial charge in [0.25, 0.3) is 5.56 Å². The van der Waals surface area contributed by atoms with Gasteiger partial charge in [-0.2, -0.15) is 0 Å². The van der Waals surface area contributed by atoms with E-state index in [0.717, 1.165) is 37.4 Å². The summed E-state index contributed by atoms with van der Waals surface area (Å²) in [6, 6.07) is 13.4. The molecule has 1 aliphatic rings. The van der Waals surface area contributed by atoms with Crippen molar-refractivity contribution in [1.82, 2.24) is 9.88 Å². The summed E-state index contributed by atoms with van der Waals surface area (Å²) in [5.74, 6) is -0.220. The fraction of sp³-hybridized carbons (Fsp3) is 0.308. The van der Waals surface area contributed by atoms with Crippen LogP contribution in [0.5, 0.6) is 5.88 Å². The fourth-order valence-corrected chi connectivity index (χ4v) is 3.94. The van der Waals surface area contributed by atoms with Crippen LogP contribution in [0.3, 0.4) is 0 Å². The molecule has 1 fully saturated rings. The molecule has 4 rings (SSSR count). The predicted octanol–water partition coefficient (Wildman–Crippen LogP) is 2.76. The average Bonchev–Trinajstić information content (AvgIpc) is 2.84. The van der Waals surface area contributed by atoms with Gasteiger partial charge in [0.05, 0.1) is 31.1 Å². The molecule has 178 valence electrons. The standard InChI is InChI=1S/C26H30N4O4/c1-29-10-12-30(13-11-29)21-7-5-20(6-8-21)27-18-24-23-17-19(3-2-15-34-16-14-31)4-9-22(23)25(32)28-26(24)33/h2-9,17-18,31H,10-16H2,1H3,(H2,28,32,33). The number of piperazine rings is 1. The topological polar surface area (TPSA) is 101 Å². The van der Waals surface area contributed by atoms with E-state index in [4.69, 9.17) is 9.84 Å². The lowest BCUT2D eigenvalue weighted by Gasteiger charge is -2.34. The number of aliphatic hydroxyl groups is 1. The zero-order chi connectivity index (χ0) is 23.9. The number of aromatic amines is 1. The summed E-state index contributed by atoms with van der Waals surface area (Å²) in [4.78, 5) is 24.1. The monoisotopic (exact) mass is 462 g/mol. The van der Waals surface area contributed by atoms with Crippen molar-refractivity contribution in [3.63, 3.8) is 0 Å². The Kier molecular flexibility index (Phi) is 7.74. The molecule has 1 aliphatic heterocycles. The van der Waals surface area contributed by atoms with Gasteiger partial charge < -0.3 is 24.7 Å². The van der Waals surface area contributed by atoms with Crippen LogP contribution in [0.4, 0.5) is 11.4 Å². The molecular weight excluding hydrogens is 432 g/mol. The molecule has 0 spiro atoms. The van der Waals surface area contributed by atoms with E-state index in [9.17, 15) is 9.90 Å². The molecule has 1 saturated heterocycles. The van der Waals surface area contributed by atoms with Crippen LogP contribution in [-0.4, -0.2) is 79.4 Å². The highest BCUT2D eigenvalue weighted by atomic mass is 16.5. The number of hydrogen-bond donors (Lipinski definition) is 3. The Labute approximate surface area is 198 Å². The maximum atomic E-state index is 12.3. The third kappa shape index (κ3) is 5.72. The van der Waals surface area contributed by atoms with Crippen LogP contribution in [0.1, 0.15) is 11.1 Å². The number of aliphatic imine (C=N–C) groups is 1. The van der Waals surface area contributed by atoms with E-state index in [1.807, 2.05) is 36.4 Å². The van der Waals surface area contributed by atoms with Crippen LogP contribution in [0.25, 0.3) is 16.8 Å². The van der Waals surface area contributed by atoms with Crippen molar-refractivity contribution < 1.29 is 14.9 Å². The van der Waals surface area contributed by atoms with E-state index in [1.54, 1.807) is 12.3 Å². The molecule has 2 aromatic carbocycles. The van der Waals surface area contributed by atoms with Gasteiger partial charge in [-0.3, -0.25) is 14.8 Å². The third-order valence-electron chi connectivity index (χ3n) is 5.89. The average molecular weight is 463 g/mol. The van der Waals surface area contributed by atoms with E-state index in [0.29, 0.717) is 22.9 Å². The first-order valence-electron chi connectivity index (χ1n) is 11.4. The zero-order valence-electron chi connectivity index (χ0n) is 19.3. The number of aliphatic hydroxyl groups excluding tert-OH is 1. The summed E-state index contributed by atoms with van der Waals surface area (Å²) >= 11 is 0. The second-order valence-electron chi connectivity index (χ2n) is 8.29. The molecule has 0 bridgehead atoms. The lowest BCUT2D eigenvalue weighted by atomic mass is 10.0. The molecule has 2 heterocycles. The number of ether oxygens (including phenoxy) is 1. The van der Waals surface area contributed by atoms with Crippen LogP contribution >= 0.6 is 0 Å². The van der Waals surface area contributed by atoms with Gasteiger partial charge in [-0.25, -0.2) is 0 Å². The lowest BCUT2D eigenvalue weighted by molar-refractivity contribution is 0.112. The van der Waals surface area contributed by atoms with Gasteiger partial charge in [0, 0.05) is 48.9 Å². The number of aromatic hydroxyl groups is 1. The largest absolute Gasteiger partial charge is 0.494 e. The number of pyridine rings is 1.